The summed E-state index contributed by atoms with van der Waals surface area (Å²) in [5.41, 5.74) is 0. The molecule has 0 fully saturated rings. The largest absolute Gasteiger partial charge is 0.481 e. The van der Waals surface area contributed by atoms with Gasteiger partial charge in [0.25, 0.3) is 0 Å². The van der Waals surface area contributed by atoms with Crippen molar-refractivity contribution in [2.75, 3.05) is 20.6 Å². The molecule has 2 N–H and O–H groups in total. The van der Waals surface area contributed by atoms with Crippen molar-refractivity contribution in [3.63, 3.8) is 0 Å². The van der Waals surface area contributed by atoms with Crippen molar-refractivity contribution in [1.29, 1.82) is 0 Å². The zero-order valence-electron chi connectivity index (χ0n) is 8.20. The molecule has 0 saturated heterocycles. The zero-order valence-corrected chi connectivity index (χ0v) is 8.20. The van der Waals surface area contributed by atoms with Crippen molar-refractivity contribution in [3.8, 4) is 0 Å². The molecule has 76 valence electrons. The molecule has 1 atom stereocenters. The van der Waals surface area contributed by atoms with Gasteiger partial charge in [0.2, 0.25) is 0 Å². The Morgan fingerprint density at radius 3 is 2.38 bits per heavy atom. The number of rotatable bonds is 4. The van der Waals surface area contributed by atoms with Crippen molar-refractivity contribution >= 4 is 12.0 Å². The average molecular weight is 188 g/mol. The molecule has 0 saturated carbocycles. The first-order valence-electron chi connectivity index (χ1n) is 4.13. The first-order valence-corrected chi connectivity index (χ1v) is 4.13. The summed E-state index contributed by atoms with van der Waals surface area (Å²) in [5, 5.41) is 11.1. The summed E-state index contributed by atoms with van der Waals surface area (Å²) in [6.07, 6.45) is 0.453. The van der Waals surface area contributed by atoms with Crippen molar-refractivity contribution in [1.82, 2.24) is 10.2 Å². The zero-order chi connectivity index (χ0) is 10.4. The van der Waals surface area contributed by atoms with E-state index in [2.05, 4.69) is 5.32 Å². The lowest BCUT2D eigenvalue weighted by atomic mass is 10.1. The Bertz CT molecular complexity index is 192. The summed E-state index contributed by atoms with van der Waals surface area (Å²) in [7, 11) is 3.27. The Balaban J connectivity index is 3.56. The van der Waals surface area contributed by atoms with E-state index in [0.717, 1.165) is 0 Å². The molecule has 5 nitrogen and oxygen atoms in total. The predicted octanol–water partition coefficient (Wildman–Crippen LogP) is 0.368. The van der Waals surface area contributed by atoms with Crippen LogP contribution in [0.1, 0.15) is 13.3 Å². The summed E-state index contributed by atoms with van der Waals surface area (Å²) in [5.74, 6) is -1.25. The van der Waals surface area contributed by atoms with E-state index in [1.807, 2.05) is 0 Å². The molecule has 0 radical (unpaired) electrons. The number of hydrogen-bond acceptors (Lipinski definition) is 2. The highest BCUT2D eigenvalue weighted by atomic mass is 16.4. The highest BCUT2D eigenvalue weighted by Gasteiger charge is 2.10. The van der Waals surface area contributed by atoms with Crippen LogP contribution in [0.3, 0.4) is 0 Å². The Kier molecular flexibility index (Phi) is 4.87. The van der Waals surface area contributed by atoms with Crippen LogP contribution in [0.25, 0.3) is 0 Å². The van der Waals surface area contributed by atoms with Crippen LogP contribution in [-0.2, 0) is 4.79 Å². The maximum atomic E-state index is 11.0. The summed E-state index contributed by atoms with van der Waals surface area (Å²) >= 11 is 0. The molecule has 0 aliphatic heterocycles. The second kappa shape index (κ2) is 5.40. The SMILES string of the molecule is CC(CCNC(=O)N(C)C)C(=O)O. The van der Waals surface area contributed by atoms with Crippen LogP contribution >= 0.6 is 0 Å². The number of carbonyl (C=O) groups excluding carboxylic acids is 1. The minimum absolute atomic E-state index is 0.197. The lowest BCUT2D eigenvalue weighted by molar-refractivity contribution is -0.141. The number of aliphatic carboxylic acids is 1. The quantitative estimate of drug-likeness (QED) is 0.669. The van der Waals surface area contributed by atoms with Gasteiger partial charge in [-0.3, -0.25) is 4.79 Å². The van der Waals surface area contributed by atoms with Crippen LogP contribution in [0.4, 0.5) is 4.79 Å². The fourth-order valence-electron chi connectivity index (χ4n) is 0.677. The van der Waals surface area contributed by atoms with Crippen LogP contribution in [0.5, 0.6) is 0 Å². The maximum absolute atomic E-state index is 11.0. The molecule has 0 aliphatic carbocycles. The third-order valence-corrected chi connectivity index (χ3v) is 1.68. The van der Waals surface area contributed by atoms with E-state index in [0.29, 0.717) is 13.0 Å². The number of hydrogen-bond donors (Lipinski definition) is 2. The normalized spacial score (nSPS) is 11.9. The minimum Gasteiger partial charge on any atom is -0.481 e. The minimum atomic E-state index is -0.834. The van der Waals surface area contributed by atoms with Gasteiger partial charge >= 0.3 is 12.0 Å². The Labute approximate surface area is 77.7 Å². The monoisotopic (exact) mass is 188 g/mol. The molecule has 13 heavy (non-hydrogen) atoms. The maximum Gasteiger partial charge on any atom is 0.316 e. The van der Waals surface area contributed by atoms with Crippen LogP contribution in [0, 0.1) is 5.92 Å². The number of urea groups is 1. The second-order valence-electron chi connectivity index (χ2n) is 3.15. The summed E-state index contributed by atoms with van der Waals surface area (Å²) in [6.45, 7) is 2.01. The molecule has 5 heteroatoms. The third-order valence-electron chi connectivity index (χ3n) is 1.68. The number of carbonyl (C=O) groups is 2. The summed E-state index contributed by atoms with van der Waals surface area (Å²) in [4.78, 5) is 22.8. The topological polar surface area (TPSA) is 69.6 Å². The molecule has 1 unspecified atom stereocenters. The molecule has 0 aromatic rings. The molecule has 0 rings (SSSR count). The fraction of sp³-hybridized carbons (Fsp3) is 0.750. The van der Waals surface area contributed by atoms with Gasteiger partial charge in [-0.25, -0.2) is 4.79 Å². The molecule has 2 amide bonds. The average Bonchev–Trinajstić information content (AvgIpc) is 2.03. The number of carboxylic acid groups (broad SMARTS) is 1. The standard InChI is InChI=1S/C8H16N2O3/c1-6(7(11)12)4-5-9-8(13)10(2)3/h6H,4-5H2,1-3H3,(H,9,13)(H,11,12). The number of amides is 2. The van der Waals surface area contributed by atoms with Gasteiger partial charge in [-0.2, -0.15) is 0 Å². The van der Waals surface area contributed by atoms with Gasteiger partial charge in [0.15, 0.2) is 0 Å². The number of carboxylic acids is 1. The molecule has 0 aliphatic rings. The lowest BCUT2D eigenvalue weighted by Crippen LogP contribution is -2.35. The van der Waals surface area contributed by atoms with E-state index in [9.17, 15) is 9.59 Å². The molecule has 0 bridgehead atoms. The smallest absolute Gasteiger partial charge is 0.316 e. The van der Waals surface area contributed by atoms with Gasteiger partial charge in [-0.05, 0) is 6.42 Å². The molecule has 0 heterocycles. The van der Waals surface area contributed by atoms with Gasteiger partial charge in [0.1, 0.15) is 0 Å². The first kappa shape index (κ1) is 11.7. The van der Waals surface area contributed by atoms with Crippen molar-refractivity contribution in [2.45, 2.75) is 13.3 Å². The van der Waals surface area contributed by atoms with Gasteiger partial charge < -0.3 is 15.3 Å². The van der Waals surface area contributed by atoms with E-state index in [1.54, 1.807) is 21.0 Å². The van der Waals surface area contributed by atoms with Gasteiger partial charge in [-0.15, -0.1) is 0 Å². The van der Waals surface area contributed by atoms with Gasteiger partial charge in [-0.1, -0.05) is 6.92 Å². The van der Waals surface area contributed by atoms with E-state index in [1.165, 1.54) is 4.90 Å². The lowest BCUT2D eigenvalue weighted by Gasteiger charge is -2.12. The van der Waals surface area contributed by atoms with E-state index >= 15 is 0 Å². The van der Waals surface area contributed by atoms with Crippen LogP contribution < -0.4 is 5.32 Å². The summed E-state index contributed by atoms with van der Waals surface area (Å²) < 4.78 is 0. The molecular weight excluding hydrogens is 172 g/mol. The van der Waals surface area contributed by atoms with Gasteiger partial charge in [0.05, 0.1) is 5.92 Å². The van der Waals surface area contributed by atoms with Crippen LogP contribution in [0.15, 0.2) is 0 Å². The molecule has 0 aromatic heterocycles. The Morgan fingerprint density at radius 1 is 1.46 bits per heavy atom. The van der Waals surface area contributed by atoms with Crippen LogP contribution in [0.2, 0.25) is 0 Å². The van der Waals surface area contributed by atoms with Crippen molar-refractivity contribution in [3.05, 3.63) is 0 Å². The highest BCUT2D eigenvalue weighted by Crippen LogP contribution is 1.99. The fourth-order valence-corrected chi connectivity index (χ4v) is 0.677. The predicted molar refractivity (Wildman–Crippen MR) is 48.5 cm³/mol. The third kappa shape index (κ3) is 5.05. The van der Waals surface area contributed by atoms with E-state index in [-0.39, 0.29) is 6.03 Å². The molecule has 0 aromatic carbocycles. The van der Waals surface area contributed by atoms with Crippen LogP contribution in [-0.4, -0.2) is 42.6 Å². The van der Waals surface area contributed by atoms with E-state index < -0.39 is 11.9 Å². The Hall–Kier alpha value is -1.26. The first-order chi connectivity index (χ1) is 5.95. The number of nitrogens with one attached hydrogen (secondary N) is 1. The highest BCUT2D eigenvalue weighted by molar-refractivity contribution is 5.73. The second-order valence-corrected chi connectivity index (χ2v) is 3.15. The van der Waals surface area contributed by atoms with Crippen molar-refractivity contribution in [2.24, 2.45) is 5.92 Å². The molecule has 0 spiro atoms. The van der Waals surface area contributed by atoms with Gasteiger partial charge in [0, 0.05) is 20.6 Å². The van der Waals surface area contributed by atoms with Crippen molar-refractivity contribution < 1.29 is 14.7 Å². The Morgan fingerprint density at radius 2 is 2.00 bits per heavy atom. The van der Waals surface area contributed by atoms with E-state index in [4.69, 9.17) is 5.11 Å². The summed E-state index contributed by atoms with van der Waals surface area (Å²) in [6, 6.07) is -0.197. The molecular formula is C8H16N2O3. The number of nitrogens with zero attached hydrogens (tertiary/aromatic N) is 1.